The van der Waals surface area contributed by atoms with Gasteiger partial charge in [-0.1, -0.05) is 157 Å². The second-order valence-electron chi connectivity index (χ2n) is 15.4. The number of benzene rings is 9. The fourth-order valence-corrected chi connectivity index (χ4v) is 12.9. The molecule has 12 rings (SSSR count). The van der Waals surface area contributed by atoms with Gasteiger partial charge in [0, 0.05) is 40.2 Å². The van der Waals surface area contributed by atoms with Gasteiger partial charge in [-0.3, -0.25) is 9.38 Å². The first-order valence-electron chi connectivity index (χ1n) is 19.9. The van der Waals surface area contributed by atoms with Crippen molar-refractivity contribution in [2.24, 2.45) is 0 Å². The Balaban J connectivity index is 1.05. The zero-order valence-corrected chi connectivity index (χ0v) is 33.5. The minimum absolute atomic E-state index is 0.961. The molecular formula is C54H34N3PS. The van der Waals surface area contributed by atoms with Gasteiger partial charge in [-0.25, -0.2) is 4.98 Å². The number of aromatic nitrogens is 3. The van der Waals surface area contributed by atoms with E-state index in [0.717, 1.165) is 44.1 Å². The number of fused-ring (bicyclic) bond motifs is 11. The van der Waals surface area contributed by atoms with E-state index in [4.69, 9.17) is 16.8 Å². The van der Waals surface area contributed by atoms with E-state index in [1.165, 1.54) is 64.7 Å². The van der Waals surface area contributed by atoms with E-state index in [-0.39, 0.29) is 0 Å². The van der Waals surface area contributed by atoms with Crippen LogP contribution >= 0.6 is 6.04 Å². The van der Waals surface area contributed by atoms with Crippen molar-refractivity contribution >= 4 is 104 Å². The summed E-state index contributed by atoms with van der Waals surface area (Å²) >= 11 is 6.69. The number of hydrogen-bond donors (Lipinski definition) is 0. The number of rotatable bonds is 5. The molecule has 0 aliphatic rings. The van der Waals surface area contributed by atoms with Gasteiger partial charge in [0.15, 0.2) is 0 Å². The summed E-state index contributed by atoms with van der Waals surface area (Å²) in [5, 5.41) is 14.2. The molecule has 59 heavy (non-hydrogen) atoms. The first kappa shape index (κ1) is 34.1. The molecular weight excluding hydrogens is 754 g/mol. The average Bonchev–Trinajstić information content (AvgIpc) is 3.70. The fourth-order valence-electron chi connectivity index (χ4n) is 9.12. The molecule has 9 aromatic carbocycles. The van der Waals surface area contributed by atoms with Gasteiger partial charge < -0.3 is 0 Å². The number of imidazole rings is 1. The molecule has 0 aliphatic heterocycles. The van der Waals surface area contributed by atoms with Crippen molar-refractivity contribution in [3.05, 3.63) is 207 Å². The van der Waals surface area contributed by atoms with Gasteiger partial charge in [0.05, 0.1) is 16.6 Å². The summed E-state index contributed by atoms with van der Waals surface area (Å²) in [6.07, 6.45) is 3.91. The van der Waals surface area contributed by atoms with Crippen LogP contribution in [0.4, 0.5) is 0 Å². The molecule has 0 saturated carbocycles. The predicted molar refractivity (Wildman–Crippen MR) is 255 cm³/mol. The molecule has 0 fully saturated rings. The summed E-state index contributed by atoms with van der Waals surface area (Å²) in [5.74, 6) is 0. The summed E-state index contributed by atoms with van der Waals surface area (Å²) in [4.78, 5) is 9.93. The quantitative estimate of drug-likeness (QED) is 0.0989. The summed E-state index contributed by atoms with van der Waals surface area (Å²) < 4.78 is 2.36. The Labute approximate surface area is 345 Å². The lowest BCUT2D eigenvalue weighted by Gasteiger charge is -2.24. The molecule has 12 aromatic rings. The second-order valence-corrected chi connectivity index (χ2v) is 19.8. The summed E-state index contributed by atoms with van der Waals surface area (Å²) in [6.45, 7) is 0. The molecule has 276 valence electrons. The highest BCUT2D eigenvalue weighted by Gasteiger charge is 2.25. The normalized spacial score (nSPS) is 12.1. The molecule has 0 unspecified atom stereocenters. The SMILES string of the molecule is S=P(c1ccccc1)(c1ccccc1)c1ccc2cc(-c3ccc4c(c3)c3cc5ccccc5cc3c3nc5ccc(-c6cncc7ccccc67)cc5n43)ccc2c1. The monoisotopic (exact) mass is 787 g/mol. The van der Waals surface area contributed by atoms with Gasteiger partial charge in [0.2, 0.25) is 0 Å². The van der Waals surface area contributed by atoms with E-state index in [1.807, 2.05) is 12.4 Å². The zero-order chi connectivity index (χ0) is 39.1. The minimum Gasteiger partial charge on any atom is -0.292 e. The molecule has 0 aliphatic carbocycles. The second kappa shape index (κ2) is 13.3. The van der Waals surface area contributed by atoms with Crippen LogP contribution in [0.5, 0.6) is 0 Å². The van der Waals surface area contributed by atoms with E-state index >= 15 is 0 Å². The van der Waals surface area contributed by atoms with Crippen LogP contribution in [-0.4, -0.2) is 14.4 Å². The van der Waals surface area contributed by atoms with Crippen molar-refractivity contribution in [2.75, 3.05) is 0 Å². The van der Waals surface area contributed by atoms with Crippen molar-refractivity contribution in [3.8, 4) is 22.3 Å². The highest BCUT2D eigenvalue weighted by molar-refractivity contribution is 8.25. The molecule has 5 heteroatoms. The van der Waals surface area contributed by atoms with E-state index in [0.29, 0.717) is 0 Å². The van der Waals surface area contributed by atoms with Crippen LogP contribution < -0.4 is 15.9 Å². The van der Waals surface area contributed by atoms with Gasteiger partial charge in [-0.05, 0) is 113 Å². The van der Waals surface area contributed by atoms with Crippen molar-refractivity contribution in [3.63, 3.8) is 0 Å². The van der Waals surface area contributed by atoms with Crippen LogP contribution in [0.1, 0.15) is 0 Å². The van der Waals surface area contributed by atoms with Crippen LogP contribution in [0.25, 0.3) is 92.9 Å². The maximum absolute atomic E-state index is 6.69. The van der Waals surface area contributed by atoms with Crippen molar-refractivity contribution in [1.29, 1.82) is 0 Å². The number of hydrogen-bond acceptors (Lipinski definition) is 3. The standard InChI is InChI=1S/C54H34N3PS/c59-58(43-14-3-1-4-15-43,44-16-5-2-6-17-44)45-24-21-38-27-37(19-20-39(38)28-45)40-23-26-52-48(30-40)47-29-35-11-7-8-12-36(35)31-49(47)54-56-51-25-22-41(32-53(51)57(52)54)50-34-55-33-42-13-9-10-18-46(42)50/h1-34H. The summed E-state index contributed by atoms with van der Waals surface area (Å²) in [7, 11) is 0. The highest BCUT2D eigenvalue weighted by Crippen LogP contribution is 2.44. The molecule has 0 spiro atoms. The highest BCUT2D eigenvalue weighted by atomic mass is 32.4. The first-order valence-corrected chi connectivity index (χ1v) is 22.7. The molecule has 3 aromatic heterocycles. The molecule has 0 amide bonds. The third kappa shape index (κ3) is 5.38. The van der Waals surface area contributed by atoms with E-state index in [9.17, 15) is 0 Å². The first-order chi connectivity index (χ1) is 29.1. The van der Waals surface area contributed by atoms with Gasteiger partial charge in [0.1, 0.15) is 5.65 Å². The van der Waals surface area contributed by atoms with Crippen molar-refractivity contribution < 1.29 is 0 Å². The molecule has 0 N–H and O–H groups in total. The van der Waals surface area contributed by atoms with Crippen LogP contribution in [0.15, 0.2) is 207 Å². The lowest BCUT2D eigenvalue weighted by molar-refractivity contribution is 1.31. The molecule has 3 heterocycles. The fraction of sp³-hybridized carbons (Fsp3) is 0. The van der Waals surface area contributed by atoms with Crippen molar-refractivity contribution in [1.82, 2.24) is 14.4 Å². The zero-order valence-electron chi connectivity index (χ0n) is 31.8. The molecule has 0 bridgehead atoms. The lowest BCUT2D eigenvalue weighted by atomic mass is 9.96. The van der Waals surface area contributed by atoms with Gasteiger partial charge in [-0.15, -0.1) is 0 Å². The summed E-state index contributed by atoms with van der Waals surface area (Å²) in [5.41, 5.74) is 8.70. The number of nitrogens with zero attached hydrogens (tertiary/aromatic N) is 3. The molecule has 0 atom stereocenters. The largest absolute Gasteiger partial charge is 0.292 e. The maximum atomic E-state index is 6.69. The van der Waals surface area contributed by atoms with Gasteiger partial charge in [-0.2, -0.15) is 0 Å². The maximum Gasteiger partial charge on any atom is 0.146 e. The van der Waals surface area contributed by atoms with Gasteiger partial charge >= 0.3 is 0 Å². The molecule has 3 nitrogen and oxygen atoms in total. The molecule has 0 saturated heterocycles. The Bertz CT molecular complexity index is 3660. The Morgan fingerprint density at radius 1 is 0.390 bits per heavy atom. The van der Waals surface area contributed by atoms with E-state index in [1.54, 1.807) is 0 Å². The predicted octanol–water partition coefficient (Wildman–Crippen LogP) is 12.7. The average molecular weight is 788 g/mol. The lowest BCUT2D eigenvalue weighted by Crippen LogP contribution is -2.24. The van der Waals surface area contributed by atoms with Crippen LogP contribution in [0.3, 0.4) is 0 Å². The minimum atomic E-state index is -2.26. The van der Waals surface area contributed by atoms with E-state index < -0.39 is 6.04 Å². The molecule has 0 radical (unpaired) electrons. The number of pyridine rings is 2. The van der Waals surface area contributed by atoms with Crippen LogP contribution in [0.2, 0.25) is 0 Å². The topological polar surface area (TPSA) is 30.2 Å². The van der Waals surface area contributed by atoms with E-state index in [2.05, 4.69) is 204 Å². The van der Waals surface area contributed by atoms with Crippen LogP contribution in [0, 0.1) is 0 Å². The Morgan fingerprint density at radius 2 is 1.00 bits per heavy atom. The third-order valence-corrected chi connectivity index (χ3v) is 17.0. The Morgan fingerprint density at radius 3 is 1.78 bits per heavy atom. The Hall–Kier alpha value is -6.97. The smallest absolute Gasteiger partial charge is 0.146 e. The third-order valence-electron chi connectivity index (χ3n) is 12.0. The Kier molecular flexibility index (Phi) is 7.68. The van der Waals surface area contributed by atoms with Gasteiger partial charge in [0.25, 0.3) is 0 Å². The van der Waals surface area contributed by atoms with Crippen molar-refractivity contribution in [2.45, 2.75) is 0 Å². The van der Waals surface area contributed by atoms with Crippen LogP contribution in [-0.2, 0) is 11.8 Å². The summed E-state index contributed by atoms with van der Waals surface area (Å²) in [6, 6.07) is 68.0.